The van der Waals surface area contributed by atoms with Gasteiger partial charge in [-0.1, -0.05) is 5.16 Å². The molecule has 1 heterocycles. The molecular formula is C17H16FNO5. The molecule has 1 aromatic heterocycles. The molecule has 0 N–H and O–H groups in total. The van der Waals surface area contributed by atoms with E-state index < -0.39 is 11.9 Å². The minimum Gasteiger partial charge on any atom is -0.463 e. The number of carbonyl (C=O) groups excluding carboxylic acids is 2. The number of aromatic nitrogens is 1. The van der Waals surface area contributed by atoms with E-state index in [1.165, 1.54) is 12.1 Å². The molecule has 1 aromatic carbocycles. The summed E-state index contributed by atoms with van der Waals surface area (Å²) in [6, 6.07) is 5.77. The molecule has 2 rings (SSSR count). The van der Waals surface area contributed by atoms with Gasteiger partial charge < -0.3 is 14.0 Å². The lowest BCUT2D eigenvalue weighted by Gasteiger charge is -2.00. The maximum Gasteiger partial charge on any atom is 0.331 e. The van der Waals surface area contributed by atoms with Gasteiger partial charge in [0.1, 0.15) is 18.1 Å². The molecule has 0 saturated heterocycles. The number of benzene rings is 1. The summed E-state index contributed by atoms with van der Waals surface area (Å²) < 4.78 is 27.8. The molecule has 24 heavy (non-hydrogen) atoms. The second-order valence-electron chi connectivity index (χ2n) is 4.78. The SMILES string of the molecule is CCOC(=O)/C=C/C(=O)OCc1noc(-c2ccc(F)cc2)c1C. The highest BCUT2D eigenvalue weighted by atomic mass is 19.1. The van der Waals surface area contributed by atoms with Gasteiger partial charge in [-0.2, -0.15) is 0 Å². The summed E-state index contributed by atoms with van der Waals surface area (Å²) >= 11 is 0. The first-order chi connectivity index (χ1) is 11.5. The number of nitrogens with zero attached hydrogens (tertiary/aromatic N) is 1. The van der Waals surface area contributed by atoms with E-state index in [2.05, 4.69) is 9.89 Å². The van der Waals surface area contributed by atoms with Crippen molar-refractivity contribution >= 4 is 11.9 Å². The monoisotopic (exact) mass is 333 g/mol. The maximum atomic E-state index is 13.0. The van der Waals surface area contributed by atoms with Crippen molar-refractivity contribution in [1.82, 2.24) is 5.16 Å². The third-order valence-electron chi connectivity index (χ3n) is 3.12. The van der Waals surface area contributed by atoms with Gasteiger partial charge in [0.25, 0.3) is 0 Å². The normalized spacial score (nSPS) is 10.8. The molecule has 0 bridgehead atoms. The quantitative estimate of drug-likeness (QED) is 0.597. The molecular weight excluding hydrogens is 317 g/mol. The maximum absolute atomic E-state index is 13.0. The van der Waals surface area contributed by atoms with E-state index in [9.17, 15) is 14.0 Å². The molecule has 0 atom stereocenters. The summed E-state index contributed by atoms with van der Waals surface area (Å²) in [7, 11) is 0. The van der Waals surface area contributed by atoms with Gasteiger partial charge in [0.2, 0.25) is 0 Å². The summed E-state index contributed by atoms with van der Waals surface area (Å²) in [6.45, 7) is 3.54. The van der Waals surface area contributed by atoms with Crippen molar-refractivity contribution in [1.29, 1.82) is 0 Å². The van der Waals surface area contributed by atoms with Crippen molar-refractivity contribution in [2.24, 2.45) is 0 Å². The Balaban J connectivity index is 1.98. The van der Waals surface area contributed by atoms with Gasteiger partial charge in [0.05, 0.1) is 6.61 Å². The fourth-order valence-corrected chi connectivity index (χ4v) is 1.89. The number of rotatable bonds is 6. The van der Waals surface area contributed by atoms with Gasteiger partial charge in [-0.25, -0.2) is 14.0 Å². The summed E-state index contributed by atoms with van der Waals surface area (Å²) in [4.78, 5) is 22.6. The highest BCUT2D eigenvalue weighted by Crippen LogP contribution is 2.26. The summed E-state index contributed by atoms with van der Waals surface area (Å²) in [5.74, 6) is -1.19. The molecule has 0 aliphatic heterocycles. The summed E-state index contributed by atoms with van der Waals surface area (Å²) in [5, 5.41) is 3.85. The molecule has 0 aliphatic rings. The second kappa shape index (κ2) is 8.05. The lowest BCUT2D eigenvalue weighted by molar-refractivity contribution is -0.141. The second-order valence-corrected chi connectivity index (χ2v) is 4.78. The molecule has 0 amide bonds. The van der Waals surface area contributed by atoms with Crippen molar-refractivity contribution in [3.05, 3.63) is 53.5 Å². The van der Waals surface area contributed by atoms with E-state index in [1.54, 1.807) is 26.0 Å². The van der Waals surface area contributed by atoms with Crippen LogP contribution >= 0.6 is 0 Å². The number of hydrogen-bond donors (Lipinski definition) is 0. The van der Waals surface area contributed by atoms with Gasteiger partial charge >= 0.3 is 11.9 Å². The van der Waals surface area contributed by atoms with Crippen LogP contribution in [0.15, 0.2) is 40.9 Å². The van der Waals surface area contributed by atoms with E-state index in [0.717, 1.165) is 12.2 Å². The number of halogens is 1. The molecule has 0 fully saturated rings. The van der Waals surface area contributed by atoms with E-state index in [1.807, 2.05) is 0 Å². The van der Waals surface area contributed by atoms with Crippen LogP contribution in [0.5, 0.6) is 0 Å². The molecule has 126 valence electrons. The zero-order chi connectivity index (χ0) is 17.5. The highest BCUT2D eigenvalue weighted by molar-refractivity contribution is 5.91. The van der Waals surface area contributed by atoms with E-state index in [-0.39, 0.29) is 19.0 Å². The van der Waals surface area contributed by atoms with Crippen molar-refractivity contribution in [2.75, 3.05) is 6.61 Å². The molecule has 0 spiro atoms. The van der Waals surface area contributed by atoms with Crippen LogP contribution in [0.4, 0.5) is 4.39 Å². The minimum absolute atomic E-state index is 0.109. The minimum atomic E-state index is -0.700. The smallest absolute Gasteiger partial charge is 0.331 e. The van der Waals surface area contributed by atoms with E-state index in [4.69, 9.17) is 9.26 Å². The topological polar surface area (TPSA) is 78.6 Å². The molecule has 6 nitrogen and oxygen atoms in total. The van der Waals surface area contributed by atoms with Crippen molar-refractivity contribution < 1.29 is 28.0 Å². The molecule has 0 radical (unpaired) electrons. The Hall–Kier alpha value is -2.96. The first-order valence-electron chi connectivity index (χ1n) is 7.24. The fraction of sp³-hybridized carbons (Fsp3) is 0.235. The van der Waals surface area contributed by atoms with Crippen LogP contribution in [0, 0.1) is 12.7 Å². The van der Waals surface area contributed by atoms with Crippen molar-refractivity contribution in [3.63, 3.8) is 0 Å². The average molecular weight is 333 g/mol. The van der Waals surface area contributed by atoms with Crippen LogP contribution in [0.1, 0.15) is 18.2 Å². The lowest BCUT2D eigenvalue weighted by atomic mass is 10.1. The van der Waals surface area contributed by atoms with Crippen LogP contribution in [0.3, 0.4) is 0 Å². The molecule has 0 aliphatic carbocycles. The Kier molecular flexibility index (Phi) is 5.83. The van der Waals surface area contributed by atoms with Crippen molar-refractivity contribution in [2.45, 2.75) is 20.5 Å². The van der Waals surface area contributed by atoms with E-state index >= 15 is 0 Å². The van der Waals surface area contributed by atoms with Crippen molar-refractivity contribution in [3.8, 4) is 11.3 Å². The molecule has 7 heteroatoms. The number of esters is 2. The Morgan fingerprint density at radius 2 is 1.79 bits per heavy atom. The lowest BCUT2D eigenvalue weighted by Crippen LogP contribution is -2.05. The standard InChI is InChI=1S/C17H16FNO5/c1-3-22-15(20)8-9-16(21)23-10-14-11(2)17(24-19-14)12-4-6-13(18)7-5-12/h4-9H,3,10H2,1-2H3/b9-8+. The molecule has 2 aromatic rings. The Bertz CT molecular complexity index is 749. The predicted octanol–water partition coefficient (Wildman–Crippen LogP) is 2.95. The number of ether oxygens (including phenoxy) is 2. The van der Waals surface area contributed by atoms with Crippen LogP contribution in [0.2, 0.25) is 0 Å². The van der Waals surface area contributed by atoms with Gasteiger partial charge in [-0.05, 0) is 38.1 Å². The van der Waals surface area contributed by atoms with Gasteiger partial charge in [-0.15, -0.1) is 0 Å². The van der Waals surface area contributed by atoms with Gasteiger partial charge in [-0.3, -0.25) is 0 Å². The third kappa shape index (κ3) is 4.52. The van der Waals surface area contributed by atoms with Gasteiger partial charge in [0.15, 0.2) is 5.76 Å². The largest absolute Gasteiger partial charge is 0.463 e. The molecule has 0 unspecified atom stereocenters. The first-order valence-corrected chi connectivity index (χ1v) is 7.24. The predicted molar refractivity (Wildman–Crippen MR) is 82.2 cm³/mol. The zero-order valence-electron chi connectivity index (χ0n) is 13.2. The van der Waals surface area contributed by atoms with Crippen LogP contribution in [-0.4, -0.2) is 23.7 Å². The fourth-order valence-electron chi connectivity index (χ4n) is 1.89. The third-order valence-corrected chi connectivity index (χ3v) is 3.12. The Morgan fingerprint density at radius 3 is 2.42 bits per heavy atom. The summed E-state index contributed by atoms with van der Waals surface area (Å²) in [5.41, 5.74) is 1.79. The first kappa shape index (κ1) is 17.4. The summed E-state index contributed by atoms with van der Waals surface area (Å²) in [6.07, 6.45) is 1.97. The number of hydrogen-bond acceptors (Lipinski definition) is 6. The Labute approximate surface area is 137 Å². The number of carbonyl (C=O) groups is 2. The average Bonchev–Trinajstić information content (AvgIpc) is 2.93. The van der Waals surface area contributed by atoms with Crippen LogP contribution in [0.25, 0.3) is 11.3 Å². The Morgan fingerprint density at radius 1 is 1.17 bits per heavy atom. The van der Waals surface area contributed by atoms with Gasteiger partial charge in [0, 0.05) is 23.3 Å². The molecule has 0 saturated carbocycles. The van der Waals surface area contributed by atoms with Crippen LogP contribution in [-0.2, 0) is 25.7 Å². The van der Waals surface area contributed by atoms with E-state index in [0.29, 0.717) is 22.6 Å². The zero-order valence-corrected chi connectivity index (χ0v) is 13.2. The highest BCUT2D eigenvalue weighted by Gasteiger charge is 2.15. The van der Waals surface area contributed by atoms with Crippen LogP contribution < -0.4 is 0 Å².